The Bertz CT molecular complexity index is 976. The number of amidine groups is 1. The molecule has 1 atom stereocenters. The van der Waals surface area contributed by atoms with Crippen LogP contribution in [0.25, 0.3) is 0 Å². The minimum absolute atomic E-state index is 0.0175. The molecule has 0 radical (unpaired) electrons. The second-order valence-corrected chi connectivity index (χ2v) is 7.86. The molecule has 1 heterocycles. The van der Waals surface area contributed by atoms with Gasteiger partial charge in [-0.25, -0.2) is 0 Å². The highest BCUT2D eigenvalue weighted by molar-refractivity contribution is 8.15. The van der Waals surface area contributed by atoms with E-state index < -0.39 is 5.25 Å². The lowest BCUT2D eigenvalue weighted by atomic mass is 10.2. The fourth-order valence-electron chi connectivity index (χ4n) is 2.52. The van der Waals surface area contributed by atoms with Crippen LogP contribution in [-0.4, -0.2) is 35.6 Å². The summed E-state index contributed by atoms with van der Waals surface area (Å²) in [6.45, 7) is 1.87. The highest BCUT2D eigenvalue weighted by atomic mass is 35.5. The van der Waals surface area contributed by atoms with Gasteiger partial charge in [0.25, 0.3) is 0 Å². The molecule has 0 spiro atoms. The summed E-state index contributed by atoms with van der Waals surface area (Å²) in [5.41, 5.74) is 2.36. The molecule has 9 heteroatoms. The lowest BCUT2D eigenvalue weighted by Gasteiger charge is -2.10. The number of hydrogen-bond acceptors (Lipinski definition) is 6. The van der Waals surface area contributed by atoms with Crippen LogP contribution >= 0.6 is 23.4 Å². The van der Waals surface area contributed by atoms with Crippen LogP contribution in [0.3, 0.4) is 0 Å². The quantitative estimate of drug-likeness (QED) is 0.541. The first-order valence-electron chi connectivity index (χ1n) is 8.73. The average molecular weight is 431 g/mol. The number of halogens is 1. The molecule has 1 fully saturated rings. The van der Waals surface area contributed by atoms with E-state index in [-0.39, 0.29) is 18.2 Å². The molecule has 29 heavy (non-hydrogen) atoms. The van der Waals surface area contributed by atoms with E-state index in [1.807, 2.05) is 37.3 Å². The van der Waals surface area contributed by atoms with Gasteiger partial charge >= 0.3 is 0 Å². The summed E-state index contributed by atoms with van der Waals surface area (Å²) in [4.78, 5) is 24.4. The molecule has 2 amide bonds. The van der Waals surface area contributed by atoms with E-state index >= 15 is 0 Å². The standard InChI is InChI=1S/C20H19ClN4O3S/c1-12-3-6-14(21)9-16(12)23-18(26)10-17-19(27)24-20(29-17)25-22-11-13-4-7-15(28-2)8-5-13/h3-9,11,17H,10H2,1-2H3,(H,23,26)(H,24,25,27)/b22-11+. The first-order valence-corrected chi connectivity index (χ1v) is 9.99. The van der Waals surface area contributed by atoms with E-state index in [9.17, 15) is 9.59 Å². The molecule has 3 rings (SSSR count). The Labute approximate surface area is 177 Å². The highest BCUT2D eigenvalue weighted by Gasteiger charge is 2.32. The van der Waals surface area contributed by atoms with Crippen molar-refractivity contribution in [1.82, 2.24) is 5.32 Å². The molecule has 1 aliphatic rings. The summed E-state index contributed by atoms with van der Waals surface area (Å²) in [7, 11) is 1.60. The maximum Gasteiger partial charge on any atom is 0.240 e. The number of benzene rings is 2. The summed E-state index contributed by atoms with van der Waals surface area (Å²) in [5.74, 6) is 0.207. The monoisotopic (exact) mass is 430 g/mol. The maximum atomic E-state index is 12.3. The largest absolute Gasteiger partial charge is 0.497 e. The van der Waals surface area contributed by atoms with E-state index in [2.05, 4.69) is 20.8 Å². The van der Waals surface area contributed by atoms with Gasteiger partial charge in [-0.3, -0.25) is 9.59 Å². The minimum atomic E-state index is -0.565. The van der Waals surface area contributed by atoms with Gasteiger partial charge in [0.15, 0.2) is 5.17 Å². The zero-order valence-corrected chi connectivity index (χ0v) is 17.4. The fraction of sp³-hybridized carbons (Fsp3) is 0.200. The van der Waals surface area contributed by atoms with Crippen molar-refractivity contribution in [3.8, 4) is 5.75 Å². The van der Waals surface area contributed by atoms with Gasteiger partial charge in [-0.2, -0.15) is 5.10 Å². The normalized spacial score (nSPS) is 17.6. The van der Waals surface area contributed by atoms with Crippen LogP contribution in [0.4, 0.5) is 5.69 Å². The Balaban J connectivity index is 1.56. The number of rotatable bonds is 6. The zero-order chi connectivity index (χ0) is 20.8. The van der Waals surface area contributed by atoms with Gasteiger partial charge in [0.2, 0.25) is 11.8 Å². The lowest BCUT2D eigenvalue weighted by molar-refractivity contribution is -0.122. The van der Waals surface area contributed by atoms with Crippen molar-refractivity contribution in [2.75, 3.05) is 12.4 Å². The third kappa shape index (κ3) is 5.82. The van der Waals surface area contributed by atoms with E-state index in [1.165, 1.54) is 11.8 Å². The Morgan fingerprint density at radius 3 is 2.79 bits per heavy atom. The Hall–Kier alpha value is -2.84. The highest BCUT2D eigenvalue weighted by Crippen LogP contribution is 2.24. The SMILES string of the molecule is COc1ccc(/C=N/N=C2\NC(=O)C(CC(=O)Nc3cc(Cl)ccc3C)S2)cc1. The molecule has 0 bridgehead atoms. The Kier molecular flexibility index (Phi) is 6.90. The summed E-state index contributed by atoms with van der Waals surface area (Å²) >= 11 is 7.14. The number of nitrogens with one attached hydrogen (secondary N) is 2. The van der Waals surface area contributed by atoms with E-state index in [0.29, 0.717) is 15.9 Å². The topological polar surface area (TPSA) is 92.2 Å². The van der Waals surface area contributed by atoms with Gasteiger partial charge in [-0.05, 0) is 54.4 Å². The third-order valence-electron chi connectivity index (χ3n) is 4.09. The second kappa shape index (κ2) is 9.58. The fourth-order valence-corrected chi connectivity index (χ4v) is 3.62. The predicted molar refractivity (Wildman–Crippen MR) is 117 cm³/mol. The molecule has 1 aliphatic heterocycles. The number of methoxy groups -OCH3 is 1. The van der Waals surface area contributed by atoms with Gasteiger partial charge in [0.05, 0.1) is 13.3 Å². The summed E-state index contributed by atoms with van der Waals surface area (Å²) in [5, 5.41) is 13.8. The number of nitrogens with zero attached hydrogens (tertiary/aromatic N) is 2. The van der Waals surface area contributed by atoms with Crippen molar-refractivity contribution in [2.45, 2.75) is 18.6 Å². The van der Waals surface area contributed by atoms with E-state index in [0.717, 1.165) is 16.9 Å². The molecule has 0 aromatic heterocycles. The van der Waals surface area contributed by atoms with Crippen LogP contribution in [0.2, 0.25) is 5.02 Å². The van der Waals surface area contributed by atoms with Crippen molar-refractivity contribution >= 4 is 52.2 Å². The molecular weight excluding hydrogens is 412 g/mol. The van der Waals surface area contributed by atoms with Gasteiger partial charge in [-0.1, -0.05) is 29.4 Å². The number of hydrogen-bond donors (Lipinski definition) is 2. The molecule has 1 saturated heterocycles. The van der Waals surface area contributed by atoms with Crippen LogP contribution in [-0.2, 0) is 9.59 Å². The maximum absolute atomic E-state index is 12.3. The van der Waals surface area contributed by atoms with E-state index in [1.54, 1.807) is 25.5 Å². The first kappa shape index (κ1) is 20.9. The van der Waals surface area contributed by atoms with Gasteiger partial charge in [-0.15, -0.1) is 5.10 Å². The first-order chi connectivity index (χ1) is 13.9. The van der Waals surface area contributed by atoms with Crippen LogP contribution in [0.5, 0.6) is 5.75 Å². The molecule has 0 aliphatic carbocycles. The van der Waals surface area contributed by atoms with Crippen LogP contribution in [0.1, 0.15) is 17.5 Å². The lowest BCUT2D eigenvalue weighted by Crippen LogP contribution is -2.28. The molecule has 2 N–H and O–H groups in total. The van der Waals surface area contributed by atoms with Crippen molar-refractivity contribution < 1.29 is 14.3 Å². The Morgan fingerprint density at radius 2 is 2.07 bits per heavy atom. The van der Waals surface area contributed by atoms with Crippen LogP contribution < -0.4 is 15.4 Å². The second-order valence-electron chi connectivity index (χ2n) is 6.23. The third-order valence-corrected chi connectivity index (χ3v) is 5.40. The van der Waals surface area contributed by atoms with Gasteiger partial charge in [0.1, 0.15) is 11.0 Å². The predicted octanol–water partition coefficient (Wildman–Crippen LogP) is 3.61. The zero-order valence-electron chi connectivity index (χ0n) is 15.8. The summed E-state index contributed by atoms with van der Waals surface area (Å²) in [6, 6.07) is 12.6. The molecule has 2 aromatic rings. The van der Waals surface area contributed by atoms with Gasteiger partial charge < -0.3 is 15.4 Å². The summed E-state index contributed by atoms with van der Waals surface area (Å²) in [6.07, 6.45) is 1.59. The number of anilines is 1. The summed E-state index contributed by atoms with van der Waals surface area (Å²) < 4.78 is 5.10. The molecule has 7 nitrogen and oxygen atoms in total. The van der Waals surface area contributed by atoms with E-state index in [4.69, 9.17) is 16.3 Å². The van der Waals surface area contributed by atoms with Crippen molar-refractivity contribution in [3.63, 3.8) is 0 Å². The number of carbonyl (C=O) groups excluding carboxylic acids is 2. The molecular formula is C20H19ClN4O3S. The number of thioether (sulfide) groups is 1. The number of ether oxygens (including phenoxy) is 1. The molecule has 2 aromatic carbocycles. The van der Waals surface area contributed by atoms with Crippen molar-refractivity contribution in [1.29, 1.82) is 0 Å². The molecule has 1 unspecified atom stereocenters. The van der Waals surface area contributed by atoms with Crippen LogP contribution in [0.15, 0.2) is 52.7 Å². The average Bonchev–Trinajstić information content (AvgIpc) is 3.04. The minimum Gasteiger partial charge on any atom is -0.497 e. The van der Waals surface area contributed by atoms with Gasteiger partial charge in [0, 0.05) is 17.1 Å². The molecule has 0 saturated carbocycles. The number of carbonyl (C=O) groups is 2. The Morgan fingerprint density at radius 1 is 1.31 bits per heavy atom. The smallest absolute Gasteiger partial charge is 0.240 e. The number of aryl methyl sites for hydroxylation is 1. The van der Waals surface area contributed by atoms with Crippen LogP contribution in [0, 0.1) is 6.92 Å². The number of amides is 2. The van der Waals surface area contributed by atoms with Crippen molar-refractivity contribution in [2.24, 2.45) is 10.2 Å². The molecule has 150 valence electrons. The van der Waals surface area contributed by atoms with Crippen molar-refractivity contribution in [3.05, 3.63) is 58.6 Å².